The van der Waals surface area contributed by atoms with Gasteiger partial charge in [-0.2, -0.15) is 0 Å². The van der Waals surface area contributed by atoms with E-state index in [1.807, 2.05) is 16.8 Å². The summed E-state index contributed by atoms with van der Waals surface area (Å²) < 4.78 is 2.12. The number of hydrogen-bond acceptors (Lipinski definition) is 5. The fourth-order valence-electron chi connectivity index (χ4n) is 2.80. The van der Waals surface area contributed by atoms with E-state index in [1.54, 1.807) is 18.3 Å². The molecule has 0 saturated heterocycles. The van der Waals surface area contributed by atoms with Crippen molar-refractivity contribution in [2.24, 2.45) is 0 Å². The molecule has 0 aromatic carbocycles. The van der Waals surface area contributed by atoms with Gasteiger partial charge in [0.15, 0.2) is 5.82 Å². The van der Waals surface area contributed by atoms with Crippen LogP contribution >= 0.6 is 11.6 Å². The van der Waals surface area contributed by atoms with Gasteiger partial charge in [-0.1, -0.05) is 25.4 Å². The molecule has 1 aliphatic heterocycles. The lowest BCUT2D eigenvalue weighted by atomic mass is 10.2. The van der Waals surface area contributed by atoms with Crippen LogP contribution in [0.5, 0.6) is 0 Å². The van der Waals surface area contributed by atoms with E-state index >= 15 is 0 Å². The Morgan fingerprint density at radius 3 is 2.79 bits per heavy atom. The number of halogens is 1. The van der Waals surface area contributed by atoms with Crippen molar-refractivity contribution in [3.8, 4) is 0 Å². The van der Waals surface area contributed by atoms with Crippen LogP contribution in [-0.2, 0) is 17.9 Å². The molecular formula is C16H21ClN6O. The van der Waals surface area contributed by atoms with Crippen molar-refractivity contribution < 1.29 is 4.79 Å². The standard InChI is InChI=1S/C16H21ClN6O/c1-11(2)16-20-19-14-9-22(6-7-23(14)16)15(24)10-21(3)13-5-4-12(17)8-18-13/h4-5,8,11H,6-7,9-10H2,1-3H3. The van der Waals surface area contributed by atoms with Gasteiger partial charge in [0.25, 0.3) is 0 Å². The van der Waals surface area contributed by atoms with Crippen LogP contribution < -0.4 is 4.90 Å². The number of carbonyl (C=O) groups is 1. The van der Waals surface area contributed by atoms with Crippen LogP contribution in [0.25, 0.3) is 0 Å². The van der Waals surface area contributed by atoms with E-state index in [0.717, 1.165) is 24.0 Å². The first-order valence-electron chi connectivity index (χ1n) is 7.98. The van der Waals surface area contributed by atoms with Crippen molar-refractivity contribution in [3.05, 3.63) is 35.0 Å². The third-order valence-electron chi connectivity index (χ3n) is 4.13. The second-order valence-corrected chi connectivity index (χ2v) is 6.72. The molecule has 3 heterocycles. The average Bonchev–Trinajstić information content (AvgIpc) is 2.98. The van der Waals surface area contributed by atoms with Gasteiger partial charge in [0.1, 0.15) is 11.6 Å². The molecule has 24 heavy (non-hydrogen) atoms. The summed E-state index contributed by atoms with van der Waals surface area (Å²) in [5.41, 5.74) is 0. The minimum atomic E-state index is 0.0506. The Bertz CT molecular complexity index is 727. The number of anilines is 1. The summed E-state index contributed by atoms with van der Waals surface area (Å²) >= 11 is 5.84. The summed E-state index contributed by atoms with van der Waals surface area (Å²) in [4.78, 5) is 20.4. The van der Waals surface area contributed by atoms with Crippen LogP contribution in [0.1, 0.15) is 31.4 Å². The van der Waals surface area contributed by atoms with E-state index < -0.39 is 0 Å². The molecule has 0 spiro atoms. The Labute approximate surface area is 146 Å². The van der Waals surface area contributed by atoms with E-state index in [0.29, 0.717) is 24.0 Å². The van der Waals surface area contributed by atoms with Gasteiger partial charge in [-0.15, -0.1) is 10.2 Å². The Hall–Kier alpha value is -2.15. The number of amides is 1. The lowest BCUT2D eigenvalue weighted by molar-refractivity contribution is -0.131. The van der Waals surface area contributed by atoms with Gasteiger partial charge in [0.05, 0.1) is 18.1 Å². The Morgan fingerprint density at radius 1 is 1.33 bits per heavy atom. The van der Waals surface area contributed by atoms with Crippen LogP contribution in [0, 0.1) is 0 Å². The highest BCUT2D eigenvalue weighted by Gasteiger charge is 2.25. The van der Waals surface area contributed by atoms with E-state index in [4.69, 9.17) is 11.6 Å². The van der Waals surface area contributed by atoms with E-state index in [9.17, 15) is 4.79 Å². The zero-order chi connectivity index (χ0) is 17.3. The largest absolute Gasteiger partial charge is 0.350 e. The Kier molecular flexibility index (Phi) is 4.71. The molecule has 0 aliphatic carbocycles. The van der Waals surface area contributed by atoms with Gasteiger partial charge in [-0.3, -0.25) is 4.79 Å². The van der Waals surface area contributed by atoms with Gasteiger partial charge in [0.2, 0.25) is 5.91 Å². The highest BCUT2D eigenvalue weighted by molar-refractivity contribution is 6.30. The van der Waals surface area contributed by atoms with E-state index in [-0.39, 0.29) is 12.5 Å². The summed E-state index contributed by atoms with van der Waals surface area (Å²) in [6, 6.07) is 3.57. The number of rotatable bonds is 4. The molecule has 0 atom stereocenters. The minimum absolute atomic E-state index is 0.0506. The molecule has 0 N–H and O–H groups in total. The lowest BCUT2D eigenvalue weighted by Crippen LogP contribution is -2.43. The molecule has 1 amide bonds. The first kappa shape index (κ1) is 16.7. The molecule has 7 nitrogen and oxygen atoms in total. The maximum atomic E-state index is 12.6. The lowest BCUT2D eigenvalue weighted by Gasteiger charge is -2.30. The van der Waals surface area contributed by atoms with Crippen LogP contribution in [0.4, 0.5) is 5.82 Å². The second kappa shape index (κ2) is 6.76. The van der Waals surface area contributed by atoms with Gasteiger partial charge >= 0.3 is 0 Å². The maximum absolute atomic E-state index is 12.6. The van der Waals surface area contributed by atoms with Crippen molar-refractivity contribution in [3.63, 3.8) is 0 Å². The monoisotopic (exact) mass is 348 g/mol. The average molecular weight is 349 g/mol. The first-order valence-corrected chi connectivity index (χ1v) is 8.36. The molecule has 128 valence electrons. The van der Waals surface area contributed by atoms with Crippen molar-refractivity contribution in [2.75, 3.05) is 25.0 Å². The Balaban J connectivity index is 1.65. The third kappa shape index (κ3) is 3.36. The van der Waals surface area contributed by atoms with Crippen LogP contribution in [0.2, 0.25) is 5.02 Å². The predicted octanol–water partition coefficient (Wildman–Crippen LogP) is 1.93. The SMILES string of the molecule is CC(C)c1nnc2n1CCN(C(=O)CN(C)c1ccc(Cl)cn1)C2. The number of hydrogen-bond donors (Lipinski definition) is 0. The molecule has 0 unspecified atom stereocenters. The fraction of sp³-hybridized carbons (Fsp3) is 0.500. The minimum Gasteiger partial charge on any atom is -0.350 e. The van der Waals surface area contributed by atoms with Crippen LogP contribution in [0.15, 0.2) is 18.3 Å². The van der Waals surface area contributed by atoms with Crippen molar-refractivity contribution in [2.45, 2.75) is 32.9 Å². The predicted molar refractivity (Wildman–Crippen MR) is 92.0 cm³/mol. The number of carbonyl (C=O) groups excluding carboxylic acids is 1. The summed E-state index contributed by atoms with van der Waals surface area (Å²) in [5.74, 6) is 2.94. The number of fused-ring (bicyclic) bond motifs is 1. The molecule has 2 aromatic heterocycles. The van der Waals surface area contributed by atoms with Crippen LogP contribution in [-0.4, -0.2) is 50.7 Å². The van der Waals surface area contributed by atoms with Crippen molar-refractivity contribution >= 4 is 23.3 Å². The van der Waals surface area contributed by atoms with Gasteiger partial charge in [0, 0.05) is 32.3 Å². The zero-order valence-corrected chi connectivity index (χ0v) is 14.9. The zero-order valence-electron chi connectivity index (χ0n) is 14.1. The van der Waals surface area contributed by atoms with Gasteiger partial charge < -0.3 is 14.4 Å². The summed E-state index contributed by atoms with van der Waals surface area (Å²) in [5, 5.41) is 9.06. The van der Waals surface area contributed by atoms with Crippen molar-refractivity contribution in [1.82, 2.24) is 24.6 Å². The quantitative estimate of drug-likeness (QED) is 0.844. The topological polar surface area (TPSA) is 67.2 Å². The molecular weight excluding hydrogens is 328 g/mol. The summed E-state index contributed by atoms with van der Waals surface area (Å²) in [7, 11) is 1.84. The number of pyridine rings is 1. The highest BCUT2D eigenvalue weighted by atomic mass is 35.5. The molecule has 0 radical (unpaired) electrons. The number of aromatic nitrogens is 4. The summed E-state index contributed by atoms with van der Waals surface area (Å²) in [6.45, 7) is 6.38. The van der Waals surface area contributed by atoms with Gasteiger partial charge in [-0.25, -0.2) is 4.98 Å². The fourth-order valence-corrected chi connectivity index (χ4v) is 2.91. The van der Waals surface area contributed by atoms with E-state index in [1.165, 1.54) is 0 Å². The van der Waals surface area contributed by atoms with Crippen molar-refractivity contribution in [1.29, 1.82) is 0 Å². The molecule has 1 aliphatic rings. The molecule has 8 heteroatoms. The number of nitrogens with zero attached hydrogens (tertiary/aromatic N) is 6. The number of likely N-dealkylation sites (N-methyl/N-ethyl adjacent to an activating group) is 1. The molecule has 2 aromatic rings. The summed E-state index contributed by atoms with van der Waals surface area (Å²) in [6.07, 6.45) is 1.58. The highest BCUT2D eigenvalue weighted by Crippen LogP contribution is 2.19. The third-order valence-corrected chi connectivity index (χ3v) is 4.35. The van der Waals surface area contributed by atoms with Crippen LogP contribution in [0.3, 0.4) is 0 Å². The first-order chi connectivity index (χ1) is 11.5. The van der Waals surface area contributed by atoms with Gasteiger partial charge in [-0.05, 0) is 12.1 Å². The normalized spacial score (nSPS) is 14.0. The molecule has 0 saturated carbocycles. The maximum Gasteiger partial charge on any atom is 0.242 e. The second-order valence-electron chi connectivity index (χ2n) is 6.29. The smallest absolute Gasteiger partial charge is 0.242 e. The molecule has 3 rings (SSSR count). The molecule has 0 bridgehead atoms. The Morgan fingerprint density at radius 2 is 2.12 bits per heavy atom. The molecule has 0 fully saturated rings. The van der Waals surface area contributed by atoms with E-state index in [2.05, 4.69) is 33.6 Å².